The highest BCUT2D eigenvalue weighted by atomic mass is 19.4. The molecule has 0 aromatic heterocycles. The Balaban J connectivity index is 1.92. The van der Waals surface area contributed by atoms with E-state index in [1.807, 2.05) is 0 Å². The first-order valence-corrected chi connectivity index (χ1v) is 9.71. The van der Waals surface area contributed by atoms with Gasteiger partial charge >= 0.3 is 6.18 Å². The maximum Gasteiger partial charge on any atom is 0.416 e. The first-order chi connectivity index (χ1) is 15.2. The fourth-order valence-corrected chi connectivity index (χ4v) is 2.71. The van der Waals surface area contributed by atoms with E-state index in [0.717, 1.165) is 12.1 Å². The minimum absolute atomic E-state index is 0.0154. The third-order valence-electron chi connectivity index (χ3n) is 4.36. The van der Waals surface area contributed by atoms with Gasteiger partial charge in [0.1, 0.15) is 5.75 Å². The highest BCUT2D eigenvalue weighted by Crippen LogP contribution is 2.30. The summed E-state index contributed by atoms with van der Waals surface area (Å²) in [4.78, 5) is 26.3. The van der Waals surface area contributed by atoms with Crippen LogP contribution in [0.4, 0.5) is 18.9 Å². The average molecular weight is 454 g/mol. The van der Waals surface area contributed by atoms with Crippen LogP contribution in [-0.2, 0) is 20.4 Å². The van der Waals surface area contributed by atoms with Gasteiger partial charge in [-0.3, -0.25) is 9.59 Å². The Bertz CT molecular complexity index is 880. The molecule has 2 aromatic carbocycles. The second kappa shape index (κ2) is 12.1. The summed E-state index contributed by atoms with van der Waals surface area (Å²) < 4.78 is 53.7. The van der Waals surface area contributed by atoms with Gasteiger partial charge in [0.2, 0.25) is 0 Å². The van der Waals surface area contributed by atoms with E-state index in [1.165, 1.54) is 24.3 Å². The predicted molar refractivity (Wildman–Crippen MR) is 112 cm³/mol. The van der Waals surface area contributed by atoms with Crippen LogP contribution in [-0.4, -0.2) is 63.8 Å². The lowest BCUT2D eigenvalue weighted by atomic mass is 10.2. The molecule has 0 saturated heterocycles. The van der Waals surface area contributed by atoms with Crippen molar-refractivity contribution in [3.05, 3.63) is 59.7 Å². The number of rotatable bonds is 11. The summed E-state index contributed by atoms with van der Waals surface area (Å²) in [5, 5.41) is 2.36. The van der Waals surface area contributed by atoms with Crippen LogP contribution >= 0.6 is 0 Å². The highest BCUT2D eigenvalue weighted by molar-refractivity contribution is 5.94. The van der Waals surface area contributed by atoms with Crippen molar-refractivity contribution in [2.45, 2.75) is 6.18 Å². The molecule has 0 heterocycles. The number of carbonyl (C=O) groups is 2. The summed E-state index contributed by atoms with van der Waals surface area (Å²) in [7, 11) is 3.10. The Kier molecular flexibility index (Phi) is 9.48. The fourth-order valence-electron chi connectivity index (χ4n) is 2.71. The third-order valence-corrected chi connectivity index (χ3v) is 4.36. The van der Waals surface area contributed by atoms with Crippen molar-refractivity contribution in [2.75, 3.05) is 52.4 Å². The summed E-state index contributed by atoms with van der Waals surface area (Å²) in [5.41, 5.74) is -0.416. The maximum absolute atomic E-state index is 12.8. The number of carbonyl (C=O) groups excluding carboxylic acids is 2. The van der Waals surface area contributed by atoms with E-state index >= 15 is 0 Å². The SMILES string of the molecule is COCCN(CCOC)C(=O)c1ccc(OCC(=O)Nc2cccc(C(F)(F)F)c2)cc1. The smallest absolute Gasteiger partial charge is 0.416 e. The second-order valence-corrected chi connectivity index (χ2v) is 6.72. The monoisotopic (exact) mass is 454 g/mol. The van der Waals surface area contributed by atoms with Crippen LogP contribution in [0.1, 0.15) is 15.9 Å². The number of methoxy groups -OCH3 is 2. The number of nitrogens with zero attached hydrogens (tertiary/aromatic N) is 1. The van der Waals surface area contributed by atoms with E-state index in [2.05, 4.69) is 5.32 Å². The number of alkyl halides is 3. The Morgan fingerprint density at radius 2 is 1.59 bits per heavy atom. The first kappa shape index (κ1) is 25.2. The molecule has 2 amide bonds. The van der Waals surface area contributed by atoms with Crippen LogP contribution in [0, 0.1) is 0 Å². The van der Waals surface area contributed by atoms with E-state index < -0.39 is 24.3 Å². The van der Waals surface area contributed by atoms with Gasteiger partial charge in [-0.2, -0.15) is 13.2 Å². The molecule has 174 valence electrons. The molecule has 0 atom stereocenters. The van der Waals surface area contributed by atoms with Gasteiger partial charge in [0.15, 0.2) is 6.61 Å². The highest BCUT2D eigenvalue weighted by Gasteiger charge is 2.30. The number of hydrogen-bond donors (Lipinski definition) is 1. The molecule has 10 heteroatoms. The lowest BCUT2D eigenvalue weighted by molar-refractivity contribution is -0.137. The summed E-state index contributed by atoms with van der Waals surface area (Å²) in [5.74, 6) is -0.483. The van der Waals surface area contributed by atoms with Gasteiger partial charge < -0.3 is 24.4 Å². The van der Waals surface area contributed by atoms with Crippen molar-refractivity contribution in [1.82, 2.24) is 4.90 Å². The zero-order chi connectivity index (χ0) is 23.6. The van der Waals surface area contributed by atoms with E-state index in [9.17, 15) is 22.8 Å². The number of ether oxygens (including phenoxy) is 3. The van der Waals surface area contributed by atoms with Crippen LogP contribution < -0.4 is 10.1 Å². The zero-order valence-corrected chi connectivity index (χ0v) is 17.8. The predicted octanol–water partition coefficient (Wildman–Crippen LogP) is 3.46. The largest absolute Gasteiger partial charge is 0.484 e. The Hall–Kier alpha value is -3.11. The molecular weight excluding hydrogens is 429 g/mol. The lowest BCUT2D eigenvalue weighted by Gasteiger charge is -2.22. The van der Waals surface area contributed by atoms with Crippen molar-refractivity contribution in [2.24, 2.45) is 0 Å². The molecule has 0 radical (unpaired) electrons. The van der Waals surface area contributed by atoms with Gasteiger partial charge in [-0.05, 0) is 42.5 Å². The fraction of sp³-hybridized carbons (Fsp3) is 0.364. The molecule has 32 heavy (non-hydrogen) atoms. The molecule has 0 unspecified atom stereocenters. The minimum Gasteiger partial charge on any atom is -0.484 e. The Morgan fingerprint density at radius 3 is 2.16 bits per heavy atom. The topological polar surface area (TPSA) is 77.1 Å². The van der Waals surface area contributed by atoms with Crippen LogP contribution in [0.3, 0.4) is 0 Å². The van der Waals surface area contributed by atoms with E-state index in [0.29, 0.717) is 37.6 Å². The normalized spacial score (nSPS) is 11.2. The lowest BCUT2D eigenvalue weighted by Crippen LogP contribution is -2.36. The second-order valence-electron chi connectivity index (χ2n) is 6.72. The van der Waals surface area contributed by atoms with Gasteiger partial charge in [-0.25, -0.2) is 0 Å². The van der Waals surface area contributed by atoms with Gasteiger partial charge in [0.05, 0.1) is 18.8 Å². The van der Waals surface area contributed by atoms with Crippen molar-refractivity contribution in [3.8, 4) is 5.75 Å². The molecule has 0 fully saturated rings. The molecule has 0 spiro atoms. The van der Waals surface area contributed by atoms with Crippen molar-refractivity contribution in [3.63, 3.8) is 0 Å². The molecule has 7 nitrogen and oxygen atoms in total. The quantitative estimate of drug-likeness (QED) is 0.563. The summed E-state index contributed by atoms with van der Waals surface area (Å²) in [6.45, 7) is 1.19. The van der Waals surface area contributed by atoms with Gasteiger partial charge in [-0.1, -0.05) is 6.07 Å². The Morgan fingerprint density at radius 1 is 0.969 bits per heavy atom. The average Bonchev–Trinajstić information content (AvgIpc) is 2.77. The van der Waals surface area contributed by atoms with Crippen molar-refractivity contribution in [1.29, 1.82) is 0 Å². The summed E-state index contributed by atoms with van der Waals surface area (Å²) in [6, 6.07) is 10.5. The number of hydrogen-bond acceptors (Lipinski definition) is 5. The van der Waals surface area contributed by atoms with Crippen LogP contribution in [0.2, 0.25) is 0 Å². The van der Waals surface area contributed by atoms with E-state index in [-0.39, 0.29) is 11.6 Å². The summed E-state index contributed by atoms with van der Waals surface area (Å²) in [6.07, 6.45) is -4.50. The van der Waals surface area contributed by atoms with Gasteiger partial charge in [-0.15, -0.1) is 0 Å². The Labute approximate surface area is 184 Å². The van der Waals surface area contributed by atoms with Crippen LogP contribution in [0.15, 0.2) is 48.5 Å². The molecule has 0 saturated carbocycles. The number of halogens is 3. The maximum atomic E-state index is 12.8. The number of nitrogens with one attached hydrogen (secondary N) is 1. The van der Waals surface area contributed by atoms with Crippen molar-refractivity contribution >= 4 is 17.5 Å². The van der Waals surface area contributed by atoms with E-state index in [1.54, 1.807) is 31.3 Å². The van der Waals surface area contributed by atoms with Crippen LogP contribution in [0.5, 0.6) is 5.75 Å². The molecule has 0 aliphatic carbocycles. The molecular formula is C22H25F3N2O5. The number of benzene rings is 2. The molecule has 1 N–H and O–H groups in total. The number of amides is 2. The standard InChI is InChI=1S/C22H25F3N2O5/c1-30-12-10-27(11-13-31-2)21(29)16-6-8-19(9-7-16)32-15-20(28)26-18-5-3-4-17(14-18)22(23,24)25/h3-9,14H,10-13,15H2,1-2H3,(H,26,28). The summed E-state index contributed by atoms with van der Waals surface area (Å²) >= 11 is 0. The molecule has 2 aromatic rings. The molecule has 0 aliphatic rings. The van der Waals surface area contributed by atoms with Crippen LogP contribution in [0.25, 0.3) is 0 Å². The number of anilines is 1. The minimum atomic E-state index is -4.50. The van der Waals surface area contributed by atoms with Gasteiger partial charge in [0, 0.05) is 38.6 Å². The molecule has 2 rings (SSSR count). The van der Waals surface area contributed by atoms with E-state index in [4.69, 9.17) is 14.2 Å². The third kappa shape index (κ3) is 7.86. The first-order valence-electron chi connectivity index (χ1n) is 9.71. The van der Waals surface area contributed by atoms with Gasteiger partial charge in [0.25, 0.3) is 11.8 Å². The molecule has 0 bridgehead atoms. The zero-order valence-electron chi connectivity index (χ0n) is 17.8. The molecule has 0 aliphatic heterocycles. The van der Waals surface area contributed by atoms with Crippen molar-refractivity contribution < 1.29 is 37.0 Å².